The van der Waals surface area contributed by atoms with E-state index in [1.54, 1.807) is 21.8 Å². The van der Waals surface area contributed by atoms with Crippen LogP contribution in [0.15, 0.2) is 12.7 Å². The van der Waals surface area contributed by atoms with Gasteiger partial charge in [0.15, 0.2) is 0 Å². The van der Waals surface area contributed by atoms with Crippen molar-refractivity contribution in [1.29, 1.82) is 0 Å². The number of aliphatic hydroxyl groups excluding tert-OH is 1. The molecule has 2 aliphatic rings. The average molecular weight is 346 g/mol. The van der Waals surface area contributed by atoms with Crippen molar-refractivity contribution in [3.8, 4) is 0 Å². The summed E-state index contributed by atoms with van der Waals surface area (Å²) in [6, 6.07) is 0. The number of ether oxygens (including phenoxy) is 1. The Labute approximate surface area is 140 Å². The Morgan fingerprint density at radius 1 is 1.30 bits per heavy atom. The molecular formula is C16H30N2O4S. The Morgan fingerprint density at radius 3 is 2.57 bits per heavy atom. The molecule has 2 fully saturated rings. The number of rotatable bonds is 7. The highest BCUT2D eigenvalue weighted by molar-refractivity contribution is 7.86. The van der Waals surface area contributed by atoms with Crippen LogP contribution in [0.25, 0.3) is 0 Å². The van der Waals surface area contributed by atoms with E-state index in [2.05, 4.69) is 6.58 Å². The average Bonchev–Trinajstić information content (AvgIpc) is 2.56. The SMILES string of the molecule is C=CC[C@]1(CO)CCCN(S(=O)(=O)N2CCC(COC)CC2)C1. The summed E-state index contributed by atoms with van der Waals surface area (Å²) in [6.45, 7) is 6.49. The highest BCUT2D eigenvalue weighted by Crippen LogP contribution is 2.35. The van der Waals surface area contributed by atoms with Crippen LogP contribution in [0.2, 0.25) is 0 Å². The molecule has 1 atom stereocenters. The molecule has 0 spiro atoms. The van der Waals surface area contributed by atoms with Crippen molar-refractivity contribution in [2.45, 2.75) is 32.1 Å². The van der Waals surface area contributed by atoms with Gasteiger partial charge in [0.25, 0.3) is 10.2 Å². The lowest BCUT2D eigenvalue weighted by Crippen LogP contribution is -2.53. The maximum absolute atomic E-state index is 12.9. The van der Waals surface area contributed by atoms with Gasteiger partial charge in [0, 0.05) is 45.3 Å². The summed E-state index contributed by atoms with van der Waals surface area (Å²) in [5.41, 5.74) is -0.374. The molecule has 0 bridgehead atoms. The van der Waals surface area contributed by atoms with Crippen LogP contribution in [0.3, 0.4) is 0 Å². The molecule has 2 saturated heterocycles. The van der Waals surface area contributed by atoms with E-state index in [0.29, 0.717) is 45.1 Å². The van der Waals surface area contributed by atoms with E-state index in [1.807, 2.05) is 0 Å². The minimum atomic E-state index is -3.44. The zero-order valence-corrected chi connectivity index (χ0v) is 14.9. The highest BCUT2D eigenvalue weighted by Gasteiger charge is 2.41. The third kappa shape index (κ3) is 4.33. The number of allylic oxidation sites excluding steroid dienone is 1. The molecule has 0 amide bonds. The molecule has 134 valence electrons. The third-order valence-corrected chi connectivity index (χ3v) is 7.15. The van der Waals surface area contributed by atoms with Crippen LogP contribution in [0.1, 0.15) is 32.1 Å². The van der Waals surface area contributed by atoms with Crippen LogP contribution < -0.4 is 0 Å². The lowest BCUT2D eigenvalue weighted by atomic mass is 9.79. The van der Waals surface area contributed by atoms with Crippen molar-refractivity contribution >= 4 is 10.2 Å². The molecule has 0 radical (unpaired) electrons. The molecule has 0 aliphatic carbocycles. The number of aliphatic hydroxyl groups is 1. The Bertz CT molecular complexity index is 488. The van der Waals surface area contributed by atoms with Gasteiger partial charge in [-0.15, -0.1) is 6.58 Å². The van der Waals surface area contributed by atoms with Gasteiger partial charge < -0.3 is 9.84 Å². The normalized spacial score (nSPS) is 28.8. The van der Waals surface area contributed by atoms with Crippen LogP contribution in [-0.2, 0) is 14.9 Å². The maximum Gasteiger partial charge on any atom is 0.281 e. The van der Waals surface area contributed by atoms with E-state index in [-0.39, 0.29) is 12.0 Å². The first-order chi connectivity index (χ1) is 11.0. The summed E-state index contributed by atoms with van der Waals surface area (Å²) in [5, 5.41) is 9.76. The molecule has 0 aromatic carbocycles. The fraction of sp³-hybridized carbons (Fsp3) is 0.875. The van der Waals surface area contributed by atoms with Gasteiger partial charge in [0.2, 0.25) is 0 Å². The molecule has 6 nitrogen and oxygen atoms in total. The van der Waals surface area contributed by atoms with Gasteiger partial charge in [0.05, 0.1) is 6.61 Å². The molecule has 2 heterocycles. The summed E-state index contributed by atoms with van der Waals surface area (Å²) in [6.07, 6.45) is 5.75. The minimum Gasteiger partial charge on any atom is -0.396 e. The van der Waals surface area contributed by atoms with Gasteiger partial charge in [-0.3, -0.25) is 0 Å². The van der Waals surface area contributed by atoms with Gasteiger partial charge in [-0.1, -0.05) is 6.08 Å². The van der Waals surface area contributed by atoms with E-state index in [4.69, 9.17) is 4.74 Å². The molecule has 0 aromatic heterocycles. The van der Waals surface area contributed by atoms with Crippen molar-refractivity contribution in [1.82, 2.24) is 8.61 Å². The van der Waals surface area contributed by atoms with Crippen LogP contribution in [0.5, 0.6) is 0 Å². The molecule has 7 heteroatoms. The van der Waals surface area contributed by atoms with Crippen molar-refractivity contribution in [2.24, 2.45) is 11.3 Å². The smallest absolute Gasteiger partial charge is 0.281 e. The van der Waals surface area contributed by atoms with Crippen LogP contribution >= 0.6 is 0 Å². The van der Waals surface area contributed by atoms with Crippen molar-refractivity contribution in [3.63, 3.8) is 0 Å². The predicted molar refractivity (Wildman–Crippen MR) is 90.2 cm³/mol. The topological polar surface area (TPSA) is 70.1 Å². The standard InChI is InChI=1S/C16H30N2O4S/c1-3-7-16(14-19)8-4-9-18(13-16)23(20,21)17-10-5-15(6-11-17)12-22-2/h3,15,19H,1,4-14H2,2H3/t16-/m0/s1. The lowest BCUT2D eigenvalue weighted by Gasteiger charge is -2.43. The second-order valence-corrected chi connectivity index (χ2v) is 8.82. The van der Waals surface area contributed by atoms with Gasteiger partial charge in [0.1, 0.15) is 0 Å². The zero-order valence-electron chi connectivity index (χ0n) is 14.1. The van der Waals surface area contributed by atoms with Crippen LogP contribution in [-0.4, -0.2) is 68.6 Å². The van der Waals surface area contributed by atoms with Crippen LogP contribution in [0, 0.1) is 11.3 Å². The summed E-state index contributed by atoms with van der Waals surface area (Å²) in [4.78, 5) is 0. The third-order valence-electron chi connectivity index (χ3n) is 5.17. The summed E-state index contributed by atoms with van der Waals surface area (Å²) < 4.78 is 34.2. The Morgan fingerprint density at radius 2 is 2.00 bits per heavy atom. The molecule has 0 saturated carbocycles. The fourth-order valence-corrected chi connectivity index (χ4v) is 5.53. The molecule has 1 N–H and O–H groups in total. The molecule has 2 rings (SSSR count). The fourth-order valence-electron chi connectivity index (χ4n) is 3.73. The second kappa shape index (κ2) is 8.07. The van der Waals surface area contributed by atoms with Crippen molar-refractivity contribution < 1.29 is 18.3 Å². The van der Waals surface area contributed by atoms with E-state index in [0.717, 1.165) is 25.7 Å². The second-order valence-electron chi connectivity index (χ2n) is 6.89. The Hall–Kier alpha value is -0.470. The number of methoxy groups -OCH3 is 1. The van der Waals surface area contributed by atoms with Gasteiger partial charge >= 0.3 is 0 Å². The largest absolute Gasteiger partial charge is 0.396 e. The number of piperidine rings is 2. The monoisotopic (exact) mass is 346 g/mol. The molecule has 0 aromatic rings. The number of hydrogen-bond acceptors (Lipinski definition) is 4. The van der Waals surface area contributed by atoms with Crippen LogP contribution in [0.4, 0.5) is 0 Å². The Kier molecular flexibility index (Phi) is 6.62. The van der Waals surface area contributed by atoms with E-state index in [9.17, 15) is 13.5 Å². The predicted octanol–water partition coefficient (Wildman–Crippen LogP) is 1.24. The number of hydrogen-bond donors (Lipinski definition) is 1. The molecule has 2 aliphatic heterocycles. The van der Waals surface area contributed by atoms with Gasteiger partial charge in [-0.25, -0.2) is 0 Å². The molecule has 23 heavy (non-hydrogen) atoms. The van der Waals surface area contributed by atoms with E-state index >= 15 is 0 Å². The zero-order chi connectivity index (χ0) is 16.9. The summed E-state index contributed by atoms with van der Waals surface area (Å²) in [7, 11) is -1.76. The van der Waals surface area contributed by atoms with Crippen molar-refractivity contribution in [2.75, 3.05) is 46.5 Å². The first kappa shape index (κ1) is 18.9. The quantitative estimate of drug-likeness (QED) is 0.704. The summed E-state index contributed by atoms with van der Waals surface area (Å²) >= 11 is 0. The highest BCUT2D eigenvalue weighted by atomic mass is 32.2. The Balaban J connectivity index is 2.03. The molecule has 0 unspecified atom stereocenters. The lowest BCUT2D eigenvalue weighted by molar-refractivity contribution is 0.0628. The first-order valence-corrected chi connectivity index (χ1v) is 9.83. The van der Waals surface area contributed by atoms with Crippen molar-refractivity contribution in [3.05, 3.63) is 12.7 Å². The van der Waals surface area contributed by atoms with E-state index < -0.39 is 10.2 Å². The van der Waals surface area contributed by atoms with Gasteiger partial charge in [-0.05, 0) is 38.0 Å². The molecular weight excluding hydrogens is 316 g/mol. The summed E-state index contributed by atoms with van der Waals surface area (Å²) in [5.74, 6) is 0.449. The maximum atomic E-state index is 12.9. The van der Waals surface area contributed by atoms with Gasteiger partial charge in [-0.2, -0.15) is 17.0 Å². The minimum absolute atomic E-state index is 0.000945. The number of nitrogens with zero attached hydrogens (tertiary/aromatic N) is 2. The van der Waals surface area contributed by atoms with E-state index in [1.165, 1.54) is 0 Å². The first-order valence-electron chi connectivity index (χ1n) is 8.43.